The second-order valence-electron chi connectivity index (χ2n) is 11.1. The van der Waals surface area contributed by atoms with Gasteiger partial charge in [-0.15, -0.1) is 0 Å². The van der Waals surface area contributed by atoms with Crippen LogP contribution in [0.3, 0.4) is 0 Å². The number of amidine groups is 2. The number of rotatable bonds is 4. The van der Waals surface area contributed by atoms with Crippen molar-refractivity contribution in [3.63, 3.8) is 0 Å². The van der Waals surface area contributed by atoms with Gasteiger partial charge >= 0.3 is 0 Å². The van der Waals surface area contributed by atoms with E-state index in [0.29, 0.717) is 5.84 Å². The molecular weight excluding hydrogens is 540 g/mol. The van der Waals surface area contributed by atoms with Gasteiger partial charge in [0.25, 0.3) is 0 Å². The zero-order chi connectivity index (χ0) is 29.0. The number of aliphatic imine (C=N–C) groups is 2. The van der Waals surface area contributed by atoms with Crippen molar-refractivity contribution in [2.75, 3.05) is 0 Å². The maximum absolute atomic E-state index is 6.29. The summed E-state index contributed by atoms with van der Waals surface area (Å²) < 4.78 is 8.61. The van der Waals surface area contributed by atoms with Crippen LogP contribution in [0.2, 0.25) is 0 Å². The second-order valence-corrected chi connectivity index (χ2v) is 11.1. The van der Waals surface area contributed by atoms with Crippen molar-refractivity contribution in [1.82, 2.24) is 9.88 Å². The van der Waals surface area contributed by atoms with Crippen LogP contribution in [0.1, 0.15) is 22.9 Å². The molecule has 0 aliphatic carbocycles. The minimum absolute atomic E-state index is 0.234. The highest BCUT2D eigenvalue weighted by Crippen LogP contribution is 2.38. The summed E-state index contributed by atoms with van der Waals surface area (Å²) in [6, 6.07) is 50.3. The van der Waals surface area contributed by atoms with Gasteiger partial charge in [-0.05, 0) is 48.0 Å². The van der Waals surface area contributed by atoms with E-state index in [4.69, 9.17) is 14.4 Å². The van der Waals surface area contributed by atoms with E-state index in [9.17, 15) is 0 Å². The molecule has 5 heteroatoms. The summed E-state index contributed by atoms with van der Waals surface area (Å²) >= 11 is 0. The maximum atomic E-state index is 6.29. The van der Waals surface area contributed by atoms with E-state index in [2.05, 4.69) is 107 Å². The Hall–Kier alpha value is -5.94. The Kier molecular flexibility index (Phi) is 5.50. The van der Waals surface area contributed by atoms with E-state index >= 15 is 0 Å². The van der Waals surface area contributed by atoms with Gasteiger partial charge in [0.15, 0.2) is 5.84 Å². The largest absolute Gasteiger partial charge is 0.456 e. The van der Waals surface area contributed by atoms with E-state index in [1.807, 2.05) is 48.5 Å². The summed E-state index contributed by atoms with van der Waals surface area (Å²) in [6.07, 6.45) is -0.234. The molecule has 1 atom stereocenters. The number of benzene rings is 6. The average molecular weight is 567 g/mol. The van der Waals surface area contributed by atoms with Crippen molar-refractivity contribution >= 4 is 55.4 Å². The summed E-state index contributed by atoms with van der Waals surface area (Å²) in [4.78, 5) is 10.0. The fourth-order valence-electron chi connectivity index (χ4n) is 6.35. The van der Waals surface area contributed by atoms with Crippen LogP contribution in [-0.4, -0.2) is 16.2 Å². The molecule has 5 nitrogen and oxygen atoms in total. The van der Waals surface area contributed by atoms with Gasteiger partial charge in [-0.1, -0.05) is 97.1 Å². The molecule has 0 fully saturated rings. The monoisotopic (exact) mass is 566 g/mol. The lowest BCUT2D eigenvalue weighted by molar-refractivity contribution is 0.669. The summed E-state index contributed by atoms with van der Waals surface area (Å²) in [6.45, 7) is 0. The first-order valence-corrected chi connectivity index (χ1v) is 14.8. The average Bonchev–Trinajstić information content (AvgIpc) is 3.62. The van der Waals surface area contributed by atoms with Gasteiger partial charge in [-0.2, -0.15) is 0 Å². The number of nitrogens with zero attached hydrogens (tertiary/aromatic N) is 3. The highest BCUT2D eigenvalue weighted by Gasteiger charge is 2.21. The first-order valence-electron chi connectivity index (χ1n) is 14.8. The molecule has 3 heterocycles. The van der Waals surface area contributed by atoms with Crippen molar-refractivity contribution in [2.24, 2.45) is 9.98 Å². The molecule has 208 valence electrons. The first kappa shape index (κ1) is 24.6. The number of nitrogens with one attached hydrogen (secondary N) is 1. The van der Waals surface area contributed by atoms with Crippen LogP contribution in [0.15, 0.2) is 160 Å². The van der Waals surface area contributed by atoms with E-state index in [0.717, 1.165) is 61.2 Å². The van der Waals surface area contributed by atoms with Crippen molar-refractivity contribution < 1.29 is 4.42 Å². The molecule has 1 unspecified atom stereocenters. The Labute approximate surface area is 253 Å². The molecule has 0 bridgehead atoms. The van der Waals surface area contributed by atoms with Crippen LogP contribution >= 0.6 is 0 Å². The smallest absolute Gasteiger partial charge is 0.159 e. The van der Waals surface area contributed by atoms with Crippen molar-refractivity contribution in [2.45, 2.75) is 6.17 Å². The first-order chi connectivity index (χ1) is 21.8. The number of hydrogen-bond acceptors (Lipinski definition) is 4. The Morgan fingerprint density at radius 3 is 2.07 bits per heavy atom. The molecule has 2 aromatic heterocycles. The summed E-state index contributed by atoms with van der Waals surface area (Å²) in [5.41, 5.74) is 8.20. The molecular formula is C39H26N4O. The molecule has 6 aromatic carbocycles. The Morgan fingerprint density at radius 2 is 1.25 bits per heavy atom. The minimum atomic E-state index is -0.234. The molecule has 0 radical (unpaired) electrons. The van der Waals surface area contributed by atoms with Crippen LogP contribution in [-0.2, 0) is 0 Å². The number of aromatic nitrogens is 1. The lowest BCUT2D eigenvalue weighted by atomic mass is 10.1. The number of hydrogen-bond donors (Lipinski definition) is 1. The van der Waals surface area contributed by atoms with Crippen LogP contribution in [0, 0.1) is 0 Å². The highest BCUT2D eigenvalue weighted by atomic mass is 16.3. The Balaban J connectivity index is 1.18. The van der Waals surface area contributed by atoms with Crippen LogP contribution in [0.5, 0.6) is 0 Å². The molecule has 0 saturated heterocycles. The quantitative estimate of drug-likeness (QED) is 0.231. The molecule has 1 aliphatic rings. The van der Waals surface area contributed by atoms with Gasteiger partial charge in [0.2, 0.25) is 0 Å². The lowest BCUT2D eigenvalue weighted by Gasteiger charge is -2.23. The summed E-state index contributed by atoms with van der Waals surface area (Å²) in [5.74, 6) is 1.51. The van der Waals surface area contributed by atoms with Crippen LogP contribution in [0.4, 0.5) is 0 Å². The predicted molar refractivity (Wildman–Crippen MR) is 180 cm³/mol. The van der Waals surface area contributed by atoms with Gasteiger partial charge in [-0.3, -0.25) is 0 Å². The third-order valence-corrected chi connectivity index (χ3v) is 8.46. The van der Waals surface area contributed by atoms with Gasteiger partial charge < -0.3 is 14.3 Å². The topological polar surface area (TPSA) is 54.8 Å². The number of para-hydroxylation sites is 2. The van der Waals surface area contributed by atoms with Gasteiger partial charge in [0, 0.05) is 44.4 Å². The summed E-state index contributed by atoms with van der Waals surface area (Å²) in [5, 5.41) is 8.22. The molecule has 0 spiro atoms. The summed E-state index contributed by atoms with van der Waals surface area (Å²) in [7, 11) is 0. The van der Waals surface area contributed by atoms with E-state index in [1.165, 1.54) is 10.8 Å². The third kappa shape index (κ3) is 3.94. The molecule has 8 aromatic rings. The lowest BCUT2D eigenvalue weighted by Crippen LogP contribution is -2.33. The highest BCUT2D eigenvalue weighted by molar-refractivity contribution is 6.17. The van der Waals surface area contributed by atoms with Crippen molar-refractivity contribution in [3.05, 3.63) is 162 Å². The molecule has 0 amide bonds. The standard InChI is InChI=1S/C39H26N4O/c1-3-11-25(12-4-1)37-40-38(26-13-5-2-6-14-26)42-39(41-37)27-19-21-28(22-20-27)43-33-17-9-7-15-29(33)31-23-32-30-16-8-10-18-35(30)44-36(32)24-34(31)43/h1-24,37H,(H,40,41,42). The predicted octanol–water partition coefficient (Wildman–Crippen LogP) is 9.18. The molecule has 44 heavy (non-hydrogen) atoms. The molecule has 0 saturated carbocycles. The third-order valence-electron chi connectivity index (χ3n) is 8.46. The van der Waals surface area contributed by atoms with Gasteiger partial charge in [-0.25, -0.2) is 9.98 Å². The van der Waals surface area contributed by atoms with Gasteiger partial charge in [0.1, 0.15) is 23.2 Å². The van der Waals surface area contributed by atoms with Crippen molar-refractivity contribution in [3.8, 4) is 5.69 Å². The maximum Gasteiger partial charge on any atom is 0.159 e. The van der Waals surface area contributed by atoms with E-state index in [-0.39, 0.29) is 6.17 Å². The fourth-order valence-corrected chi connectivity index (χ4v) is 6.35. The normalized spacial score (nSPS) is 15.0. The fraction of sp³-hybridized carbons (Fsp3) is 0.0256. The Bertz CT molecular complexity index is 2400. The zero-order valence-electron chi connectivity index (χ0n) is 23.7. The number of furan rings is 1. The van der Waals surface area contributed by atoms with E-state index < -0.39 is 0 Å². The minimum Gasteiger partial charge on any atom is -0.456 e. The van der Waals surface area contributed by atoms with Crippen molar-refractivity contribution in [1.29, 1.82) is 0 Å². The Morgan fingerprint density at radius 1 is 0.545 bits per heavy atom. The zero-order valence-corrected chi connectivity index (χ0v) is 23.7. The van der Waals surface area contributed by atoms with Gasteiger partial charge in [0.05, 0.1) is 11.0 Å². The molecule has 1 aliphatic heterocycles. The van der Waals surface area contributed by atoms with Crippen LogP contribution in [0.25, 0.3) is 49.4 Å². The molecule has 9 rings (SSSR count). The SMILES string of the molecule is c1ccc(C2=NC(c3ccc(-n4c5ccccc5c5cc6c(cc54)oc4ccccc46)cc3)=NC(c3ccccc3)N2)cc1. The second kappa shape index (κ2) is 9.82. The molecule has 1 N–H and O–H groups in total. The number of fused-ring (bicyclic) bond motifs is 6. The van der Waals surface area contributed by atoms with E-state index in [1.54, 1.807) is 0 Å². The van der Waals surface area contributed by atoms with Crippen LogP contribution < -0.4 is 5.32 Å².